The highest BCUT2D eigenvalue weighted by Crippen LogP contribution is 2.70. The third-order valence-electron chi connectivity index (χ3n) is 8.46. The Balaban J connectivity index is 1.75. The average molecular weight is 318 g/mol. The van der Waals surface area contributed by atoms with Crippen molar-refractivity contribution in [3.8, 4) is 0 Å². The Morgan fingerprint density at radius 2 is 1.96 bits per heavy atom. The standard InChI is InChI=1S/C20H30O3/c1-18-7-3-8-19(2,17(22)23)15(18)6-9-20-10-13(4-5-16(18)20)14(11-20)12-21/h11,13,15-16,21H,3-10,12H2,1-2H3,(H,22,23)/t13-,15+,16+,18+,19-,20+/m0/s1. The van der Waals surface area contributed by atoms with Gasteiger partial charge in [-0.1, -0.05) is 19.4 Å². The molecule has 3 heteroatoms. The highest BCUT2D eigenvalue weighted by Gasteiger charge is 2.64. The molecule has 23 heavy (non-hydrogen) atoms. The van der Waals surface area contributed by atoms with E-state index < -0.39 is 11.4 Å². The van der Waals surface area contributed by atoms with Gasteiger partial charge in [0, 0.05) is 0 Å². The van der Waals surface area contributed by atoms with E-state index >= 15 is 0 Å². The Labute approximate surface area is 139 Å². The van der Waals surface area contributed by atoms with Gasteiger partial charge in [-0.15, -0.1) is 0 Å². The molecule has 0 aliphatic heterocycles. The first kappa shape index (κ1) is 15.7. The predicted molar refractivity (Wildman–Crippen MR) is 88.9 cm³/mol. The fourth-order valence-corrected chi connectivity index (χ4v) is 7.48. The van der Waals surface area contributed by atoms with Crippen molar-refractivity contribution < 1.29 is 15.0 Å². The van der Waals surface area contributed by atoms with Crippen LogP contribution < -0.4 is 0 Å². The molecule has 0 amide bonds. The van der Waals surface area contributed by atoms with Crippen LogP contribution in [0.4, 0.5) is 0 Å². The molecular weight excluding hydrogens is 288 g/mol. The number of allylic oxidation sites excluding steroid dienone is 1. The van der Waals surface area contributed by atoms with Crippen LogP contribution in [0.1, 0.15) is 65.2 Å². The van der Waals surface area contributed by atoms with E-state index in [4.69, 9.17) is 0 Å². The highest BCUT2D eigenvalue weighted by molar-refractivity contribution is 5.75. The monoisotopic (exact) mass is 318 g/mol. The summed E-state index contributed by atoms with van der Waals surface area (Å²) in [6.45, 7) is 4.62. The lowest BCUT2D eigenvalue weighted by Crippen LogP contribution is -2.58. The zero-order valence-corrected chi connectivity index (χ0v) is 14.5. The molecule has 0 aromatic carbocycles. The van der Waals surface area contributed by atoms with Gasteiger partial charge in [0.15, 0.2) is 0 Å². The van der Waals surface area contributed by atoms with Gasteiger partial charge in [0.1, 0.15) is 0 Å². The van der Waals surface area contributed by atoms with Gasteiger partial charge in [-0.2, -0.15) is 0 Å². The minimum absolute atomic E-state index is 0.149. The van der Waals surface area contributed by atoms with Crippen molar-refractivity contribution in [3.63, 3.8) is 0 Å². The van der Waals surface area contributed by atoms with E-state index in [0.717, 1.165) is 25.7 Å². The van der Waals surface area contributed by atoms with Gasteiger partial charge in [0.05, 0.1) is 12.0 Å². The van der Waals surface area contributed by atoms with Gasteiger partial charge in [0.25, 0.3) is 0 Å². The zero-order valence-electron chi connectivity index (χ0n) is 14.5. The highest BCUT2D eigenvalue weighted by atomic mass is 16.4. The van der Waals surface area contributed by atoms with Crippen LogP contribution in [0.5, 0.6) is 0 Å². The normalized spacial score (nSPS) is 51.6. The van der Waals surface area contributed by atoms with Crippen LogP contribution in [0.2, 0.25) is 0 Å². The first-order valence-electron chi connectivity index (χ1n) is 9.42. The fraction of sp³-hybridized carbons (Fsp3) is 0.850. The molecule has 0 aromatic rings. The van der Waals surface area contributed by atoms with Crippen LogP contribution in [0.25, 0.3) is 0 Å². The fourth-order valence-electron chi connectivity index (χ4n) is 7.48. The first-order chi connectivity index (χ1) is 10.9. The summed E-state index contributed by atoms with van der Waals surface area (Å²) < 4.78 is 0. The second-order valence-electron chi connectivity index (χ2n) is 9.31. The summed E-state index contributed by atoms with van der Waals surface area (Å²) in [5, 5.41) is 19.6. The third kappa shape index (κ3) is 1.89. The van der Waals surface area contributed by atoms with Crippen LogP contribution in [0, 0.1) is 34.0 Å². The number of carbonyl (C=O) groups is 1. The number of rotatable bonds is 2. The summed E-state index contributed by atoms with van der Waals surface area (Å²) in [5.41, 5.74) is 1.12. The van der Waals surface area contributed by atoms with E-state index in [-0.39, 0.29) is 17.4 Å². The molecule has 3 fully saturated rings. The second kappa shape index (κ2) is 4.84. The zero-order chi connectivity index (χ0) is 16.5. The Morgan fingerprint density at radius 3 is 2.65 bits per heavy atom. The molecule has 4 aliphatic rings. The lowest BCUT2D eigenvalue weighted by atomic mass is 9.41. The lowest BCUT2D eigenvalue weighted by molar-refractivity contribution is -0.177. The summed E-state index contributed by atoms with van der Waals surface area (Å²) in [7, 11) is 0. The van der Waals surface area contributed by atoms with Crippen LogP contribution in [0.15, 0.2) is 11.6 Å². The molecule has 1 spiro atoms. The van der Waals surface area contributed by atoms with Gasteiger partial charge in [0.2, 0.25) is 0 Å². The SMILES string of the molecule is C[C@@]12CCC[C@](C)(C(=O)O)[C@@H]1CC[C@@]13C=C(CO)[C@@H](CC[C@@H]12)C3. The number of carboxylic acid groups (broad SMARTS) is 1. The lowest BCUT2D eigenvalue weighted by Gasteiger charge is -2.63. The minimum atomic E-state index is -0.587. The summed E-state index contributed by atoms with van der Waals surface area (Å²) in [6, 6.07) is 0. The summed E-state index contributed by atoms with van der Waals surface area (Å²) in [4.78, 5) is 12.0. The largest absolute Gasteiger partial charge is 0.481 e. The van der Waals surface area contributed by atoms with Crippen LogP contribution >= 0.6 is 0 Å². The average Bonchev–Trinajstić information content (AvgIpc) is 2.77. The molecule has 4 rings (SSSR count). The molecule has 2 N–H and O–H groups in total. The molecule has 0 radical (unpaired) electrons. The van der Waals surface area contributed by atoms with Gasteiger partial charge in [-0.05, 0) is 86.0 Å². The number of aliphatic hydroxyl groups is 1. The Bertz CT molecular complexity index is 567. The number of fused-ring (bicyclic) bond motifs is 3. The van der Waals surface area contributed by atoms with E-state index in [9.17, 15) is 15.0 Å². The number of carboxylic acids is 1. The van der Waals surface area contributed by atoms with Crippen molar-refractivity contribution in [3.05, 3.63) is 11.6 Å². The Kier molecular flexibility index (Phi) is 3.30. The maximum atomic E-state index is 12.0. The molecule has 0 aromatic heterocycles. The molecular formula is C20H30O3. The molecule has 2 bridgehead atoms. The van der Waals surface area contributed by atoms with Crippen molar-refractivity contribution in [1.29, 1.82) is 0 Å². The number of hydrogen-bond donors (Lipinski definition) is 2. The maximum Gasteiger partial charge on any atom is 0.309 e. The van der Waals surface area contributed by atoms with Gasteiger partial charge < -0.3 is 10.2 Å². The van der Waals surface area contributed by atoms with E-state index in [0.29, 0.717) is 17.8 Å². The van der Waals surface area contributed by atoms with Gasteiger partial charge >= 0.3 is 5.97 Å². The van der Waals surface area contributed by atoms with Crippen LogP contribution in [0.3, 0.4) is 0 Å². The summed E-state index contributed by atoms with van der Waals surface area (Å²) in [5.74, 6) is 0.912. The molecule has 128 valence electrons. The van der Waals surface area contributed by atoms with Crippen molar-refractivity contribution >= 4 is 5.97 Å². The smallest absolute Gasteiger partial charge is 0.309 e. The Morgan fingerprint density at radius 1 is 1.17 bits per heavy atom. The van der Waals surface area contributed by atoms with Gasteiger partial charge in [-0.25, -0.2) is 0 Å². The van der Waals surface area contributed by atoms with Crippen molar-refractivity contribution in [2.75, 3.05) is 6.61 Å². The molecule has 6 atom stereocenters. The van der Waals surface area contributed by atoms with Crippen LogP contribution in [-0.4, -0.2) is 22.8 Å². The molecule has 0 saturated heterocycles. The molecule has 3 saturated carbocycles. The predicted octanol–water partition coefficient (Wildman–Crippen LogP) is 4.01. The molecule has 0 heterocycles. The molecule has 3 nitrogen and oxygen atoms in total. The number of aliphatic hydroxyl groups excluding tert-OH is 1. The Hall–Kier alpha value is -0.830. The van der Waals surface area contributed by atoms with E-state index in [2.05, 4.69) is 13.0 Å². The first-order valence-corrected chi connectivity index (χ1v) is 9.42. The summed E-state index contributed by atoms with van der Waals surface area (Å²) in [6.07, 6.45) is 11.3. The van der Waals surface area contributed by atoms with E-state index in [1.807, 2.05) is 6.92 Å². The van der Waals surface area contributed by atoms with E-state index in [1.54, 1.807) is 0 Å². The summed E-state index contributed by atoms with van der Waals surface area (Å²) >= 11 is 0. The number of hydrogen-bond acceptors (Lipinski definition) is 2. The van der Waals surface area contributed by atoms with Gasteiger partial charge in [-0.3, -0.25) is 4.79 Å². The second-order valence-corrected chi connectivity index (χ2v) is 9.31. The third-order valence-corrected chi connectivity index (χ3v) is 8.46. The molecule has 0 unspecified atom stereocenters. The topological polar surface area (TPSA) is 57.5 Å². The van der Waals surface area contributed by atoms with Crippen molar-refractivity contribution in [1.82, 2.24) is 0 Å². The number of aliphatic carboxylic acids is 1. The van der Waals surface area contributed by atoms with Crippen LogP contribution in [-0.2, 0) is 4.79 Å². The maximum absolute atomic E-state index is 12.0. The quantitative estimate of drug-likeness (QED) is 0.756. The van der Waals surface area contributed by atoms with Crippen molar-refractivity contribution in [2.45, 2.75) is 65.2 Å². The van der Waals surface area contributed by atoms with E-state index in [1.165, 1.54) is 31.3 Å². The minimum Gasteiger partial charge on any atom is -0.481 e. The van der Waals surface area contributed by atoms with Crippen molar-refractivity contribution in [2.24, 2.45) is 34.0 Å². The molecule has 4 aliphatic carbocycles.